The number of hydrogen-bond acceptors (Lipinski definition) is 0. The monoisotopic (exact) mass is 354 g/mol. The first kappa shape index (κ1) is 15.0. The maximum absolute atomic E-state index is 14.2. The molecule has 0 aromatic heterocycles. The molecule has 3 rings (SSSR count). The predicted molar refractivity (Wildman–Crippen MR) is 92.6 cm³/mol. The van der Waals surface area contributed by atoms with Crippen molar-refractivity contribution < 1.29 is 4.39 Å². The summed E-state index contributed by atoms with van der Waals surface area (Å²) in [6, 6.07) is 24.0. The number of halogens is 2. The van der Waals surface area contributed by atoms with Crippen LogP contribution < -0.4 is 0 Å². The molecular weight excluding hydrogens is 339 g/mol. The van der Waals surface area contributed by atoms with Crippen molar-refractivity contribution in [3.63, 3.8) is 0 Å². The Morgan fingerprint density at radius 1 is 0.682 bits per heavy atom. The minimum Gasteiger partial charge on any atom is -0.206 e. The first-order valence-corrected chi connectivity index (χ1v) is 8.06. The standard InChI is InChI=1S/C20H16BrF/c21-20-18(12-16-9-5-2-6-10-16)13-17(14-19(20)22)11-15-7-3-1-4-8-15/h1-10,13-14H,11-12H2. The van der Waals surface area contributed by atoms with Crippen molar-refractivity contribution in [1.29, 1.82) is 0 Å². The summed E-state index contributed by atoms with van der Waals surface area (Å²) in [4.78, 5) is 0. The van der Waals surface area contributed by atoms with Gasteiger partial charge in [-0.1, -0.05) is 66.7 Å². The van der Waals surface area contributed by atoms with Crippen molar-refractivity contribution in [2.24, 2.45) is 0 Å². The molecule has 0 aliphatic heterocycles. The normalized spacial score (nSPS) is 10.6. The molecule has 0 spiro atoms. The summed E-state index contributed by atoms with van der Waals surface area (Å²) in [5.74, 6) is -0.195. The Labute approximate surface area is 138 Å². The second-order valence-corrected chi connectivity index (χ2v) is 6.17. The summed E-state index contributed by atoms with van der Waals surface area (Å²) in [5.41, 5.74) is 4.35. The van der Waals surface area contributed by atoms with E-state index in [2.05, 4.69) is 46.3 Å². The van der Waals surface area contributed by atoms with Crippen LogP contribution in [0.2, 0.25) is 0 Å². The van der Waals surface area contributed by atoms with Crippen molar-refractivity contribution in [1.82, 2.24) is 0 Å². The Bertz CT molecular complexity index is 751. The van der Waals surface area contributed by atoms with Crippen LogP contribution >= 0.6 is 15.9 Å². The van der Waals surface area contributed by atoms with Crippen LogP contribution in [0.5, 0.6) is 0 Å². The number of hydrogen-bond donors (Lipinski definition) is 0. The lowest BCUT2D eigenvalue weighted by Gasteiger charge is -2.10. The highest BCUT2D eigenvalue weighted by Gasteiger charge is 2.10. The average Bonchev–Trinajstić information content (AvgIpc) is 2.54. The van der Waals surface area contributed by atoms with Gasteiger partial charge >= 0.3 is 0 Å². The van der Waals surface area contributed by atoms with Gasteiger partial charge in [0.15, 0.2) is 0 Å². The number of rotatable bonds is 4. The molecule has 22 heavy (non-hydrogen) atoms. The van der Waals surface area contributed by atoms with Crippen LogP contribution in [-0.2, 0) is 12.8 Å². The second kappa shape index (κ2) is 6.89. The van der Waals surface area contributed by atoms with Gasteiger partial charge in [-0.25, -0.2) is 4.39 Å². The van der Waals surface area contributed by atoms with Gasteiger partial charge in [-0.2, -0.15) is 0 Å². The van der Waals surface area contributed by atoms with Crippen LogP contribution in [0.3, 0.4) is 0 Å². The van der Waals surface area contributed by atoms with E-state index >= 15 is 0 Å². The summed E-state index contributed by atoms with van der Waals surface area (Å²) >= 11 is 3.38. The molecule has 0 radical (unpaired) electrons. The first-order valence-electron chi connectivity index (χ1n) is 7.27. The van der Waals surface area contributed by atoms with Crippen LogP contribution in [0.4, 0.5) is 4.39 Å². The van der Waals surface area contributed by atoms with Gasteiger partial charge in [0.05, 0.1) is 4.47 Å². The molecule has 110 valence electrons. The van der Waals surface area contributed by atoms with Gasteiger partial charge in [0, 0.05) is 0 Å². The zero-order valence-corrected chi connectivity index (χ0v) is 13.7. The van der Waals surface area contributed by atoms with Gasteiger partial charge in [0.1, 0.15) is 5.82 Å². The maximum Gasteiger partial charge on any atom is 0.137 e. The molecule has 0 atom stereocenters. The predicted octanol–water partition coefficient (Wildman–Crippen LogP) is 5.77. The Kier molecular flexibility index (Phi) is 4.69. The largest absolute Gasteiger partial charge is 0.206 e. The molecule has 0 fully saturated rings. The van der Waals surface area contributed by atoms with E-state index in [0.717, 1.165) is 24.0 Å². The minimum atomic E-state index is -0.195. The lowest BCUT2D eigenvalue weighted by molar-refractivity contribution is 0.617. The number of benzene rings is 3. The van der Waals surface area contributed by atoms with Gasteiger partial charge in [0.25, 0.3) is 0 Å². The second-order valence-electron chi connectivity index (χ2n) is 5.38. The molecule has 0 saturated heterocycles. The van der Waals surface area contributed by atoms with Gasteiger partial charge in [-0.3, -0.25) is 0 Å². The van der Waals surface area contributed by atoms with Crippen LogP contribution in [0.25, 0.3) is 0 Å². The fraction of sp³-hybridized carbons (Fsp3) is 0.100. The molecule has 2 heteroatoms. The molecular formula is C20H16BrF. The molecule has 0 nitrogen and oxygen atoms in total. The quantitative estimate of drug-likeness (QED) is 0.557. The van der Waals surface area contributed by atoms with E-state index in [1.165, 1.54) is 11.1 Å². The Morgan fingerprint density at radius 2 is 1.23 bits per heavy atom. The molecule has 0 unspecified atom stereocenters. The molecule has 0 aliphatic rings. The Hall–Kier alpha value is -1.93. The molecule has 0 amide bonds. The molecule has 3 aromatic rings. The minimum absolute atomic E-state index is 0.195. The Morgan fingerprint density at radius 3 is 1.82 bits per heavy atom. The van der Waals surface area contributed by atoms with E-state index in [-0.39, 0.29) is 5.82 Å². The van der Waals surface area contributed by atoms with E-state index < -0.39 is 0 Å². The van der Waals surface area contributed by atoms with Gasteiger partial charge in [-0.15, -0.1) is 0 Å². The van der Waals surface area contributed by atoms with Crippen molar-refractivity contribution in [2.75, 3.05) is 0 Å². The Balaban J connectivity index is 1.90. The average molecular weight is 355 g/mol. The molecule has 0 heterocycles. The van der Waals surface area contributed by atoms with E-state index in [9.17, 15) is 4.39 Å². The highest BCUT2D eigenvalue weighted by atomic mass is 79.9. The summed E-state index contributed by atoms with van der Waals surface area (Å²) in [6.45, 7) is 0. The maximum atomic E-state index is 14.2. The lowest BCUT2D eigenvalue weighted by Crippen LogP contribution is -1.97. The third-order valence-electron chi connectivity index (χ3n) is 3.65. The fourth-order valence-electron chi connectivity index (χ4n) is 2.59. The van der Waals surface area contributed by atoms with Crippen molar-refractivity contribution in [2.45, 2.75) is 12.8 Å². The topological polar surface area (TPSA) is 0 Å². The highest BCUT2D eigenvalue weighted by molar-refractivity contribution is 9.10. The van der Waals surface area contributed by atoms with Crippen LogP contribution in [-0.4, -0.2) is 0 Å². The van der Waals surface area contributed by atoms with Crippen molar-refractivity contribution in [3.8, 4) is 0 Å². The van der Waals surface area contributed by atoms with Gasteiger partial charge in [0.2, 0.25) is 0 Å². The summed E-state index contributed by atoms with van der Waals surface area (Å²) < 4.78 is 14.8. The molecule has 0 aliphatic carbocycles. The summed E-state index contributed by atoms with van der Waals surface area (Å²) in [5, 5.41) is 0. The molecule has 0 saturated carbocycles. The molecule has 0 bridgehead atoms. The van der Waals surface area contributed by atoms with Crippen molar-refractivity contribution >= 4 is 15.9 Å². The molecule has 0 N–H and O–H groups in total. The summed E-state index contributed by atoms with van der Waals surface area (Å²) in [6.07, 6.45) is 1.47. The van der Waals surface area contributed by atoms with Gasteiger partial charge < -0.3 is 0 Å². The van der Waals surface area contributed by atoms with E-state index in [1.54, 1.807) is 6.07 Å². The van der Waals surface area contributed by atoms with E-state index in [1.807, 2.05) is 36.4 Å². The van der Waals surface area contributed by atoms with E-state index in [4.69, 9.17) is 0 Å². The van der Waals surface area contributed by atoms with Crippen LogP contribution in [0.15, 0.2) is 77.3 Å². The highest BCUT2D eigenvalue weighted by Crippen LogP contribution is 2.26. The fourth-order valence-corrected chi connectivity index (χ4v) is 2.96. The SMILES string of the molecule is Fc1cc(Cc2ccccc2)cc(Cc2ccccc2)c1Br. The third kappa shape index (κ3) is 3.63. The summed E-state index contributed by atoms with van der Waals surface area (Å²) in [7, 11) is 0. The van der Waals surface area contributed by atoms with Crippen molar-refractivity contribution in [3.05, 3.63) is 105 Å². The zero-order valence-electron chi connectivity index (χ0n) is 12.1. The third-order valence-corrected chi connectivity index (χ3v) is 4.54. The van der Waals surface area contributed by atoms with Crippen LogP contribution in [0.1, 0.15) is 22.3 Å². The van der Waals surface area contributed by atoms with Crippen LogP contribution in [0, 0.1) is 5.82 Å². The lowest BCUT2D eigenvalue weighted by atomic mass is 9.99. The van der Waals surface area contributed by atoms with Gasteiger partial charge in [-0.05, 0) is 57.1 Å². The van der Waals surface area contributed by atoms with E-state index in [0.29, 0.717) is 4.47 Å². The first-order chi connectivity index (χ1) is 10.7. The zero-order chi connectivity index (χ0) is 15.4. The smallest absolute Gasteiger partial charge is 0.137 e. The molecule has 3 aromatic carbocycles.